The summed E-state index contributed by atoms with van der Waals surface area (Å²) in [4.78, 5) is 24.5. The van der Waals surface area contributed by atoms with E-state index in [4.69, 9.17) is 9.72 Å². The van der Waals surface area contributed by atoms with Gasteiger partial charge in [-0.05, 0) is 49.8 Å². The summed E-state index contributed by atoms with van der Waals surface area (Å²) in [7, 11) is 0. The molecule has 0 aliphatic carbocycles. The number of amides is 1. The first-order chi connectivity index (χ1) is 14.8. The minimum atomic E-state index is 0.00461. The van der Waals surface area contributed by atoms with Gasteiger partial charge in [-0.15, -0.1) is 0 Å². The summed E-state index contributed by atoms with van der Waals surface area (Å²) in [6.07, 6.45) is 6.94. The summed E-state index contributed by atoms with van der Waals surface area (Å²) in [6, 6.07) is 8.14. The highest BCUT2D eigenvalue weighted by atomic mass is 16.5. The van der Waals surface area contributed by atoms with Crippen LogP contribution in [0.4, 0.5) is 11.6 Å². The van der Waals surface area contributed by atoms with E-state index in [0.29, 0.717) is 5.92 Å². The Hall–Kier alpha value is -2.67. The summed E-state index contributed by atoms with van der Waals surface area (Å²) < 4.78 is 5.47. The van der Waals surface area contributed by atoms with Gasteiger partial charge in [-0.2, -0.15) is 0 Å². The molecule has 0 radical (unpaired) electrons. The molecule has 3 aliphatic rings. The van der Waals surface area contributed by atoms with Crippen LogP contribution in [0.15, 0.2) is 30.5 Å². The van der Waals surface area contributed by atoms with Crippen molar-refractivity contribution in [3.05, 3.63) is 47.3 Å². The van der Waals surface area contributed by atoms with Crippen molar-refractivity contribution in [2.75, 3.05) is 43.1 Å². The molecule has 7 nitrogen and oxygen atoms in total. The van der Waals surface area contributed by atoms with E-state index < -0.39 is 0 Å². The van der Waals surface area contributed by atoms with Crippen molar-refractivity contribution in [1.29, 1.82) is 0 Å². The van der Waals surface area contributed by atoms with Crippen molar-refractivity contribution < 1.29 is 9.53 Å². The molecule has 4 heterocycles. The summed E-state index contributed by atoms with van der Waals surface area (Å²) >= 11 is 0. The maximum atomic E-state index is 13.0. The van der Waals surface area contributed by atoms with E-state index in [1.807, 2.05) is 24.4 Å². The zero-order valence-corrected chi connectivity index (χ0v) is 17.3. The number of aromatic nitrogens is 2. The van der Waals surface area contributed by atoms with Crippen LogP contribution >= 0.6 is 0 Å². The molecule has 2 aromatic rings. The molecule has 2 fully saturated rings. The van der Waals surface area contributed by atoms with Crippen LogP contribution in [0.1, 0.15) is 53.2 Å². The van der Waals surface area contributed by atoms with Crippen molar-refractivity contribution in [3.63, 3.8) is 0 Å². The van der Waals surface area contributed by atoms with E-state index in [1.54, 1.807) is 0 Å². The van der Waals surface area contributed by atoms with Crippen LogP contribution in [0.2, 0.25) is 0 Å². The quantitative estimate of drug-likeness (QED) is 0.811. The van der Waals surface area contributed by atoms with Gasteiger partial charge in [0.15, 0.2) is 0 Å². The zero-order valence-electron chi connectivity index (χ0n) is 17.3. The molecule has 1 unspecified atom stereocenters. The molecule has 5 rings (SSSR count). The second-order valence-electron chi connectivity index (χ2n) is 8.44. The minimum Gasteiger partial charge on any atom is -0.384 e. The number of nitrogens with zero attached hydrogens (tertiary/aromatic N) is 3. The van der Waals surface area contributed by atoms with E-state index in [1.165, 1.54) is 5.56 Å². The average molecular weight is 408 g/mol. The van der Waals surface area contributed by atoms with E-state index >= 15 is 0 Å². The molecule has 0 spiro atoms. The highest BCUT2D eigenvalue weighted by molar-refractivity contribution is 6.00. The lowest BCUT2D eigenvalue weighted by atomic mass is 9.96. The first-order valence-corrected chi connectivity index (χ1v) is 11.1. The van der Waals surface area contributed by atoms with Gasteiger partial charge in [-0.1, -0.05) is 12.1 Å². The van der Waals surface area contributed by atoms with Crippen LogP contribution in [-0.2, 0) is 11.2 Å². The second kappa shape index (κ2) is 8.60. The third-order valence-electron chi connectivity index (χ3n) is 6.43. The number of para-hydroxylation sites is 1. The van der Waals surface area contributed by atoms with Crippen LogP contribution in [0.25, 0.3) is 0 Å². The van der Waals surface area contributed by atoms with Gasteiger partial charge in [-0.25, -0.2) is 9.97 Å². The zero-order chi connectivity index (χ0) is 20.3. The van der Waals surface area contributed by atoms with Gasteiger partial charge in [0.1, 0.15) is 0 Å². The molecule has 0 saturated carbocycles. The molecule has 1 aromatic carbocycles. The minimum absolute atomic E-state index is 0.00461. The van der Waals surface area contributed by atoms with Gasteiger partial charge in [0, 0.05) is 56.7 Å². The summed E-state index contributed by atoms with van der Waals surface area (Å²) in [5.74, 6) is 1.23. The number of ether oxygens (including phenoxy) is 1. The van der Waals surface area contributed by atoms with Crippen molar-refractivity contribution in [2.45, 2.75) is 44.1 Å². The molecule has 1 atom stereocenters. The number of nitrogens with one attached hydrogen (secondary N) is 2. The third kappa shape index (κ3) is 3.99. The highest BCUT2D eigenvalue weighted by Crippen LogP contribution is 2.28. The Balaban J connectivity index is 1.24. The Labute approximate surface area is 177 Å². The predicted octanol–water partition coefficient (Wildman–Crippen LogP) is 2.74. The fraction of sp³-hybridized carbons (Fsp3) is 0.522. The molecule has 2 N–H and O–H groups in total. The molecule has 3 aliphatic heterocycles. The largest absolute Gasteiger partial charge is 0.384 e. The normalized spacial score (nSPS) is 21.7. The first kappa shape index (κ1) is 19.3. The lowest BCUT2D eigenvalue weighted by molar-refractivity contribution is 0.0845. The number of carbonyl (C=O) groups excluding carboxylic acids is 1. The highest BCUT2D eigenvalue weighted by Gasteiger charge is 2.28. The maximum Gasteiger partial charge on any atom is 0.253 e. The molecular weight excluding hydrogens is 378 g/mol. The average Bonchev–Trinajstić information content (AvgIpc) is 3.28. The Morgan fingerprint density at radius 3 is 3.00 bits per heavy atom. The number of hydrogen-bond acceptors (Lipinski definition) is 6. The number of carbonyl (C=O) groups is 1. The third-order valence-corrected chi connectivity index (χ3v) is 6.43. The lowest BCUT2D eigenvalue weighted by Gasteiger charge is -2.23. The standard InChI is InChI=1S/C23H29N5O2/c29-22(19-5-1-3-17-4-2-10-24-21(17)19)26-18-7-12-28(15-18)23-25-11-6-20(27-23)16-8-13-30-14-9-16/h1,3,5-6,11,16,18,24H,2,4,7-10,12-15H2,(H,26,29). The molecular formula is C23H29N5O2. The van der Waals surface area contributed by atoms with Crippen LogP contribution in [0.3, 0.4) is 0 Å². The van der Waals surface area contributed by atoms with Crippen molar-refractivity contribution in [1.82, 2.24) is 15.3 Å². The Morgan fingerprint density at radius 2 is 2.10 bits per heavy atom. The van der Waals surface area contributed by atoms with E-state index in [2.05, 4.69) is 26.6 Å². The number of fused-ring (bicyclic) bond motifs is 1. The molecule has 0 bridgehead atoms. The predicted molar refractivity (Wildman–Crippen MR) is 116 cm³/mol. The monoisotopic (exact) mass is 407 g/mol. The van der Waals surface area contributed by atoms with Gasteiger partial charge < -0.3 is 20.3 Å². The molecule has 158 valence electrons. The van der Waals surface area contributed by atoms with Crippen LogP contribution in [-0.4, -0.2) is 54.8 Å². The molecule has 1 aromatic heterocycles. The fourth-order valence-electron chi connectivity index (χ4n) is 4.76. The second-order valence-corrected chi connectivity index (χ2v) is 8.44. The fourth-order valence-corrected chi connectivity index (χ4v) is 4.76. The molecule has 1 amide bonds. The number of benzene rings is 1. The Kier molecular flexibility index (Phi) is 5.53. The summed E-state index contributed by atoms with van der Waals surface area (Å²) in [5, 5.41) is 6.64. The van der Waals surface area contributed by atoms with Gasteiger partial charge in [0.05, 0.1) is 11.3 Å². The molecule has 30 heavy (non-hydrogen) atoms. The maximum absolute atomic E-state index is 13.0. The van der Waals surface area contributed by atoms with Crippen molar-refractivity contribution in [2.24, 2.45) is 0 Å². The van der Waals surface area contributed by atoms with Crippen LogP contribution in [0, 0.1) is 0 Å². The molecule has 7 heteroatoms. The Bertz CT molecular complexity index is 912. The van der Waals surface area contributed by atoms with Crippen molar-refractivity contribution in [3.8, 4) is 0 Å². The number of rotatable bonds is 4. The van der Waals surface area contributed by atoms with Crippen LogP contribution in [0.5, 0.6) is 0 Å². The van der Waals surface area contributed by atoms with Crippen LogP contribution < -0.4 is 15.5 Å². The number of hydrogen-bond donors (Lipinski definition) is 2. The van der Waals surface area contributed by atoms with E-state index in [9.17, 15) is 4.79 Å². The summed E-state index contributed by atoms with van der Waals surface area (Å²) in [5.41, 5.74) is 4.10. The van der Waals surface area contributed by atoms with Gasteiger partial charge in [-0.3, -0.25) is 4.79 Å². The van der Waals surface area contributed by atoms with E-state index in [-0.39, 0.29) is 11.9 Å². The SMILES string of the molecule is O=C(NC1CCN(c2nccc(C3CCOCC3)n2)C1)c1cccc2c1NCCC2. The van der Waals surface area contributed by atoms with Gasteiger partial charge in [0.2, 0.25) is 5.95 Å². The topological polar surface area (TPSA) is 79.4 Å². The first-order valence-electron chi connectivity index (χ1n) is 11.1. The van der Waals surface area contributed by atoms with Gasteiger partial charge in [0.25, 0.3) is 5.91 Å². The molecule has 2 saturated heterocycles. The number of anilines is 2. The summed E-state index contributed by atoms with van der Waals surface area (Å²) in [6.45, 7) is 4.13. The smallest absolute Gasteiger partial charge is 0.253 e. The van der Waals surface area contributed by atoms with Crippen molar-refractivity contribution >= 4 is 17.5 Å². The van der Waals surface area contributed by atoms with E-state index in [0.717, 1.165) is 87.8 Å². The lowest BCUT2D eigenvalue weighted by Crippen LogP contribution is -2.38. The Morgan fingerprint density at radius 1 is 1.20 bits per heavy atom. The number of aryl methyl sites for hydroxylation is 1. The van der Waals surface area contributed by atoms with Gasteiger partial charge >= 0.3 is 0 Å².